The van der Waals surface area contributed by atoms with E-state index < -0.39 is 0 Å². The fourth-order valence-corrected chi connectivity index (χ4v) is 6.58. The summed E-state index contributed by atoms with van der Waals surface area (Å²) >= 11 is 1.90. The van der Waals surface area contributed by atoms with Gasteiger partial charge < -0.3 is 72.9 Å². The average molecular weight is 787 g/mol. The number of fused-ring (bicyclic) bond motifs is 1. The van der Waals surface area contributed by atoms with Crippen LogP contribution in [0.5, 0.6) is 0 Å². The van der Waals surface area contributed by atoms with Crippen LogP contribution in [0.3, 0.4) is 0 Å². The fourth-order valence-electron chi connectivity index (χ4n) is 5.03. The zero-order valence-corrected chi connectivity index (χ0v) is 32.3. The lowest BCUT2D eigenvalue weighted by Gasteiger charge is -2.16. The minimum atomic E-state index is -0.0614. The van der Waals surface area contributed by atoms with Gasteiger partial charge in [-0.2, -0.15) is 11.8 Å². The molecule has 3 atom stereocenters. The number of hydrogen-bond acceptors (Lipinski definition) is 16. The maximum atomic E-state index is 12.0. The minimum Gasteiger partial charge on any atom is -0.377 e. The van der Waals surface area contributed by atoms with E-state index in [0.717, 1.165) is 25.0 Å². The topological polar surface area (TPSA) is 207 Å². The molecule has 2 aliphatic rings. The largest absolute Gasteiger partial charge is 0.377 e. The first kappa shape index (κ1) is 47.7. The Labute approximate surface area is 319 Å². The number of amides is 3. The Bertz CT molecular complexity index is 859. The van der Waals surface area contributed by atoms with Crippen molar-refractivity contribution in [1.82, 2.24) is 16.0 Å². The molecule has 312 valence electrons. The normalized spacial score (nSPS) is 18.0. The molecule has 2 heterocycles. The number of nitrogens with one attached hydrogen (secondary N) is 3. The maximum absolute atomic E-state index is 12.0. The monoisotopic (exact) mass is 786 g/mol. The van der Waals surface area contributed by atoms with Gasteiger partial charge in [0.05, 0.1) is 164 Å². The second-order valence-electron chi connectivity index (χ2n) is 11.8. The molecule has 2 aliphatic heterocycles. The van der Waals surface area contributed by atoms with Crippen molar-refractivity contribution in [2.75, 3.05) is 164 Å². The number of nitrogens with two attached hydrogens (primary N) is 1. The molecule has 0 aliphatic carbocycles. The third-order valence-electron chi connectivity index (χ3n) is 7.71. The van der Waals surface area contributed by atoms with Crippen LogP contribution < -0.4 is 21.8 Å². The van der Waals surface area contributed by atoms with Gasteiger partial charge in [0.15, 0.2) is 0 Å². The highest BCUT2D eigenvalue weighted by Crippen LogP contribution is 2.33. The molecule has 0 radical (unpaired) electrons. The quantitative estimate of drug-likeness (QED) is 0.0363. The van der Waals surface area contributed by atoms with Crippen molar-refractivity contribution in [3.63, 3.8) is 0 Å². The van der Waals surface area contributed by atoms with Crippen LogP contribution in [0, 0.1) is 0 Å². The molecule has 0 bridgehead atoms. The van der Waals surface area contributed by atoms with Gasteiger partial charge in [0.2, 0.25) is 5.91 Å². The van der Waals surface area contributed by atoms with Crippen LogP contribution in [0.4, 0.5) is 4.79 Å². The van der Waals surface area contributed by atoms with Crippen molar-refractivity contribution in [3.8, 4) is 0 Å². The van der Waals surface area contributed by atoms with Gasteiger partial charge in [-0.3, -0.25) is 4.79 Å². The van der Waals surface area contributed by atoms with E-state index in [4.69, 9.17) is 58.0 Å². The van der Waals surface area contributed by atoms with Crippen molar-refractivity contribution in [2.45, 2.75) is 43.0 Å². The third-order valence-corrected chi connectivity index (χ3v) is 9.22. The Hall–Kier alpha value is -1.43. The van der Waals surface area contributed by atoms with Crippen LogP contribution in [-0.4, -0.2) is 194 Å². The summed E-state index contributed by atoms with van der Waals surface area (Å²) < 4.78 is 59.9. The molecule has 19 heteroatoms. The maximum Gasteiger partial charge on any atom is 0.315 e. The van der Waals surface area contributed by atoms with E-state index in [-0.39, 0.29) is 24.0 Å². The Morgan fingerprint density at radius 3 is 1.34 bits per heavy atom. The van der Waals surface area contributed by atoms with E-state index in [1.54, 1.807) is 0 Å². The highest BCUT2D eigenvalue weighted by molar-refractivity contribution is 8.00. The van der Waals surface area contributed by atoms with E-state index in [1.807, 2.05) is 11.8 Å². The summed E-state index contributed by atoms with van der Waals surface area (Å²) in [7, 11) is 0. The molecule has 2 fully saturated rings. The standard InChI is InChI=1S/C34H66N4O14S/c35-52-28-27-51-26-25-50-24-23-49-22-21-48-20-19-47-18-17-46-16-15-45-14-13-44-12-11-43-10-9-42-8-7-41-6-5-36-32(39)4-2-1-3-31-33-30(29-53-31)37-34(40)38-33/h30-31,33H,1-29,35H2,(H,36,39)(H2,37,38,40)/t30-,31-,33+/m0/s1. The van der Waals surface area contributed by atoms with E-state index in [2.05, 4.69) is 20.8 Å². The zero-order chi connectivity index (χ0) is 37.7. The minimum absolute atomic E-state index is 0.0421. The lowest BCUT2D eigenvalue weighted by Crippen LogP contribution is -2.36. The number of urea groups is 1. The molecule has 0 aromatic heterocycles. The molecule has 0 unspecified atom stereocenters. The van der Waals surface area contributed by atoms with Crippen molar-refractivity contribution < 1.29 is 66.5 Å². The van der Waals surface area contributed by atoms with Crippen LogP contribution in [0.25, 0.3) is 0 Å². The van der Waals surface area contributed by atoms with Crippen molar-refractivity contribution in [2.24, 2.45) is 5.90 Å². The van der Waals surface area contributed by atoms with Gasteiger partial charge in [-0.05, 0) is 12.8 Å². The predicted octanol–water partition coefficient (Wildman–Crippen LogP) is -0.0987. The molecule has 5 N–H and O–H groups in total. The first-order valence-electron chi connectivity index (χ1n) is 18.8. The molecular weight excluding hydrogens is 720 g/mol. The summed E-state index contributed by atoms with van der Waals surface area (Å²) in [6.45, 7) is 11.6. The Morgan fingerprint density at radius 2 is 0.943 bits per heavy atom. The number of carbonyl (C=O) groups is 2. The van der Waals surface area contributed by atoms with Crippen LogP contribution in [0.1, 0.15) is 25.7 Å². The van der Waals surface area contributed by atoms with E-state index in [0.29, 0.717) is 170 Å². The van der Waals surface area contributed by atoms with Crippen LogP contribution in [0.15, 0.2) is 0 Å². The fraction of sp³-hybridized carbons (Fsp3) is 0.941. The van der Waals surface area contributed by atoms with E-state index in [9.17, 15) is 9.59 Å². The van der Waals surface area contributed by atoms with Gasteiger partial charge in [0, 0.05) is 24.0 Å². The van der Waals surface area contributed by atoms with Crippen LogP contribution >= 0.6 is 11.8 Å². The summed E-state index contributed by atoms with van der Waals surface area (Å²) in [4.78, 5) is 27.9. The van der Waals surface area contributed by atoms with Gasteiger partial charge in [0.25, 0.3) is 0 Å². The summed E-state index contributed by atoms with van der Waals surface area (Å²) in [5.74, 6) is 5.90. The lowest BCUT2D eigenvalue weighted by atomic mass is 10.0. The first-order valence-corrected chi connectivity index (χ1v) is 19.9. The van der Waals surface area contributed by atoms with Crippen LogP contribution in [-0.2, 0) is 61.7 Å². The molecule has 53 heavy (non-hydrogen) atoms. The molecule has 0 spiro atoms. The number of unbranched alkanes of at least 4 members (excludes halogenated alkanes) is 1. The smallest absolute Gasteiger partial charge is 0.315 e. The molecule has 18 nitrogen and oxygen atoms in total. The zero-order valence-electron chi connectivity index (χ0n) is 31.4. The van der Waals surface area contributed by atoms with Crippen molar-refractivity contribution in [3.05, 3.63) is 0 Å². The summed E-state index contributed by atoms with van der Waals surface area (Å²) in [5.41, 5.74) is 0. The van der Waals surface area contributed by atoms with E-state index in [1.165, 1.54) is 0 Å². The molecule has 0 aromatic carbocycles. The lowest BCUT2D eigenvalue weighted by molar-refractivity contribution is -0.121. The van der Waals surface area contributed by atoms with E-state index >= 15 is 0 Å². The highest BCUT2D eigenvalue weighted by atomic mass is 32.2. The van der Waals surface area contributed by atoms with Crippen molar-refractivity contribution >= 4 is 23.7 Å². The number of rotatable bonds is 41. The summed E-state index contributed by atoms with van der Waals surface area (Å²) in [5, 5.41) is 9.28. The first-order chi connectivity index (χ1) is 26.2. The molecule has 2 saturated heterocycles. The molecule has 3 amide bonds. The Morgan fingerprint density at radius 1 is 0.566 bits per heavy atom. The van der Waals surface area contributed by atoms with Crippen molar-refractivity contribution in [1.29, 1.82) is 0 Å². The van der Waals surface area contributed by atoms with Gasteiger partial charge in [-0.25, -0.2) is 10.7 Å². The SMILES string of the molecule is NOCCOCCOCCOCCOCCOCCOCCOCCOCCOCCOCCOCCNC(=O)CCCC[C@@H]1SC[C@@H]2NC(=O)N[C@H]21. The number of hydrogen-bond donors (Lipinski definition) is 4. The predicted molar refractivity (Wildman–Crippen MR) is 196 cm³/mol. The number of carbonyl (C=O) groups excluding carboxylic acids is 2. The Kier molecular flexibility index (Phi) is 32.6. The molecular formula is C34H66N4O14S. The van der Waals surface area contributed by atoms with Crippen LogP contribution in [0.2, 0.25) is 0 Å². The van der Waals surface area contributed by atoms with Gasteiger partial charge in [-0.15, -0.1) is 0 Å². The summed E-state index contributed by atoms with van der Waals surface area (Å²) in [6, 6.07) is 0.404. The molecule has 0 saturated carbocycles. The highest BCUT2D eigenvalue weighted by Gasteiger charge is 2.42. The second kappa shape index (κ2) is 36.2. The van der Waals surface area contributed by atoms with Gasteiger partial charge in [-0.1, -0.05) is 6.42 Å². The van der Waals surface area contributed by atoms with Gasteiger partial charge >= 0.3 is 6.03 Å². The average Bonchev–Trinajstić information content (AvgIpc) is 3.72. The molecule has 2 rings (SSSR count). The van der Waals surface area contributed by atoms with Gasteiger partial charge in [0.1, 0.15) is 0 Å². The second-order valence-corrected chi connectivity index (χ2v) is 13.1. The Balaban J connectivity index is 1.14. The number of ether oxygens (including phenoxy) is 11. The third kappa shape index (κ3) is 28.6. The molecule has 0 aromatic rings. The number of thioether (sulfide) groups is 1. The summed E-state index contributed by atoms with van der Waals surface area (Å²) in [6.07, 6.45) is 3.33.